The lowest BCUT2D eigenvalue weighted by molar-refractivity contribution is -0.0295. The molecule has 1 aliphatic carbocycles. The van der Waals surface area contributed by atoms with Crippen LogP contribution in [0.3, 0.4) is 0 Å². The van der Waals surface area contributed by atoms with Crippen LogP contribution in [0.5, 0.6) is 0 Å². The minimum Gasteiger partial charge on any atom is -0.398 e. The van der Waals surface area contributed by atoms with Crippen LogP contribution in [0.15, 0.2) is 21.1 Å². The highest BCUT2D eigenvalue weighted by Gasteiger charge is 2.28. The molecule has 1 aromatic rings. The molecule has 0 radical (unpaired) electrons. The van der Waals surface area contributed by atoms with Crippen LogP contribution in [-0.4, -0.2) is 10.8 Å². The second-order valence-corrected chi connectivity index (χ2v) is 6.68. The zero-order valence-corrected chi connectivity index (χ0v) is 14.6. The molecule has 4 N–H and O–H groups in total. The third kappa shape index (κ3) is 4.60. The normalized spacial score (nSPS) is 17.8. The second kappa shape index (κ2) is 7.27. The van der Waals surface area contributed by atoms with E-state index in [2.05, 4.69) is 37.2 Å². The predicted octanol–water partition coefficient (Wildman–Crippen LogP) is 3.96. The smallest absolute Gasteiger partial charge is 0.116 e. The van der Waals surface area contributed by atoms with Gasteiger partial charge in [-0.25, -0.2) is 0 Å². The van der Waals surface area contributed by atoms with Crippen LogP contribution in [-0.2, 0) is 6.54 Å². The van der Waals surface area contributed by atoms with Gasteiger partial charge < -0.3 is 10.8 Å². The van der Waals surface area contributed by atoms with E-state index in [4.69, 9.17) is 5.73 Å². The standard InChI is InChI=1S/C13H18Br2N2O.ClH/c14-10-6-9(12(16)11(15)7-10)8-17-13(18)4-2-1-3-5-13;/h6-7,17-18H,1-5,8,16H2;1H. The van der Waals surface area contributed by atoms with Gasteiger partial charge in [-0.3, -0.25) is 5.32 Å². The molecule has 1 fully saturated rings. The lowest BCUT2D eigenvalue weighted by Crippen LogP contribution is -2.46. The van der Waals surface area contributed by atoms with Gasteiger partial charge in [-0.1, -0.05) is 22.4 Å². The molecule has 2 rings (SSSR count). The average molecular weight is 415 g/mol. The zero-order valence-electron chi connectivity index (χ0n) is 10.6. The van der Waals surface area contributed by atoms with Gasteiger partial charge in [-0.15, -0.1) is 12.4 Å². The third-order valence-electron chi connectivity index (χ3n) is 3.47. The summed E-state index contributed by atoms with van der Waals surface area (Å²) in [6.07, 6.45) is 5.03. The van der Waals surface area contributed by atoms with Crippen molar-refractivity contribution < 1.29 is 5.11 Å². The van der Waals surface area contributed by atoms with Gasteiger partial charge in [0.15, 0.2) is 0 Å². The molecular formula is C13H19Br2ClN2O. The molecule has 0 bridgehead atoms. The van der Waals surface area contributed by atoms with Crippen molar-refractivity contribution >= 4 is 50.0 Å². The van der Waals surface area contributed by atoms with E-state index in [0.29, 0.717) is 6.54 Å². The Bertz CT molecular complexity index is 437. The zero-order chi connectivity index (χ0) is 13.2. The largest absolute Gasteiger partial charge is 0.398 e. The van der Waals surface area contributed by atoms with Crippen molar-refractivity contribution in [1.29, 1.82) is 0 Å². The van der Waals surface area contributed by atoms with Gasteiger partial charge in [0, 0.05) is 15.5 Å². The van der Waals surface area contributed by atoms with Gasteiger partial charge in [0.1, 0.15) is 5.72 Å². The molecule has 19 heavy (non-hydrogen) atoms. The van der Waals surface area contributed by atoms with E-state index < -0.39 is 5.72 Å². The molecule has 1 aromatic carbocycles. The van der Waals surface area contributed by atoms with E-state index >= 15 is 0 Å². The van der Waals surface area contributed by atoms with Crippen LogP contribution in [0.4, 0.5) is 5.69 Å². The second-order valence-electron chi connectivity index (χ2n) is 4.91. The summed E-state index contributed by atoms with van der Waals surface area (Å²) in [5.41, 5.74) is 7.02. The Balaban J connectivity index is 0.00000180. The number of hydrogen-bond donors (Lipinski definition) is 3. The van der Waals surface area contributed by atoms with Crippen LogP contribution >= 0.6 is 44.3 Å². The quantitative estimate of drug-likeness (QED) is 0.518. The van der Waals surface area contributed by atoms with Gasteiger partial charge in [0.25, 0.3) is 0 Å². The number of nitrogen functional groups attached to an aromatic ring is 1. The molecule has 0 aromatic heterocycles. The van der Waals surface area contributed by atoms with Gasteiger partial charge in [-0.05, 0) is 59.3 Å². The number of hydrogen-bond acceptors (Lipinski definition) is 3. The minimum atomic E-state index is -0.723. The van der Waals surface area contributed by atoms with Crippen LogP contribution in [0.1, 0.15) is 37.7 Å². The van der Waals surface area contributed by atoms with Gasteiger partial charge in [-0.2, -0.15) is 0 Å². The van der Waals surface area contributed by atoms with E-state index in [1.165, 1.54) is 6.42 Å². The Morgan fingerprint density at radius 1 is 1.21 bits per heavy atom. The first-order chi connectivity index (χ1) is 8.50. The number of nitrogens with two attached hydrogens (primary N) is 1. The molecule has 3 nitrogen and oxygen atoms in total. The maximum atomic E-state index is 10.4. The number of rotatable bonds is 3. The predicted molar refractivity (Wildman–Crippen MR) is 88.4 cm³/mol. The summed E-state index contributed by atoms with van der Waals surface area (Å²) in [4.78, 5) is 0. The number of halogens is 3. The van der Waals surface area contributed by atoms with Crippen molar-refractivity contribution in [1.82, 2.24) is 5.32 Å². The first-order valence-electron chi connectivity index (χ1n) is 6.21. The Kier molecular flexibility index (Phi) is 6.60. The summed E-state index contributed by atoms with van der Waals surface area (Å²) < 4.78 is 1.86. The van der Waals surface area contributed by atoms with Crippen molar-refractivity contribution in [2.45, 2.75) is 44.4 Å². The molecule has 0 spiro atoms. The Labute approximate surface area is 137 Å². The monoisotopic (exact) mass is 412 g/mol. The van der Waals surface area contributed by atoms with E-state index in [1.54, 1.807) is 0 Å². The maximum Gasteiger partial charge on any atom is 0.116 e. The van der Waals surface area contributed by atoms with E-state index in [9.17, 15) is 5.11 Å². The topological polar surface area (TPSA) is 58.3 Å². The molecular weight excluding hydrogens is 395 g/mol. The fourth-order valence-corrected chi connectivity index (χ4v) is 3.67. The first kappa shape index (κ1) is 17.2. The Morgan fingerprint density at radius 3 is 2.47 bits per heavy atom. The summed E-state index contributed by atoms with van der Waals surface area (Å²) in [6, 6.07) is 3.91. The lowest BCUT2D eigenvalue weighted by Gasteiger charge is -2.33. The number of benzene rings is 1. The van der Waals surface area contributed by atoms with Crippen LogP contribution in [0, 0.1) is 0 Å². The molecule has 0 amide bonds. The molecule has 0 saturated heterocycles. The van der Waals surface area contributed by atoms with E-state index in [1.807, 2.05) is 12.1 Å². The third-order valence-corrected chi connectivity index (χ3v) is 4.58. The first-order valence-corrected chi connectivity index (χ1v) is 7.80. The molecule has 1 saturated carbocycles. The van der Waals surface area contributed by atoms with Crippen LogP contribution in [0.2, 0.25) is 0 Å². The molecule has 1 aliphatic rings. The molecule has 0 unspecified atom stereocenters. The number of nitrogens with one attached hydrogen (secondary N) is 1. The van der Waals surface area contributed by atoms with Crippen LogP contribution < -0.4 is 11.1 Å². The minimum absolute atomic E-state index is 0. The number of aliphatic hydroxyl groups is 1. The Hall–Kier alpha value is 0.190. The van der Waals surface area contributed by atoms with Gasteiger partial charge >= 0.3 is 0 Å². The molecule has 0 aliphatic heterocycles. The Morgan fingerprint density at radius 2 is 1.84 bits per heavy atom. The molecule has 108 valence electrons. The van der Waals surface area contributed by atoms with Crippen molar-refractivity contribution in [3.05, 3.63) is 26.6 Å². The van der Waals surface area contributed by atoms with E-state index in [-0.39, 0.29) is 12.4 Å². The fraction of sp³-hybridized carbons (Fsp3) is 0.538. The average Bonchev–Trinajstić information content (AvgIpc) is 2.33. The summed E-state index contributed by atoms with van der Waals surface area (Å²) in [5.74, 6) is 0. The maximum absolute atomic E-state index is 10.4. The van der Waals surface area contributed by atoms with Crippen LogP contribution in [0.25, 0.3) is 0 Å². The summed E-state index contributed by atoms with van der Waals surface area (Å²) in [7, 11) is 0. The SMILES string of the molecule is Cl.Nc1c(Br)cc(Br)cc1CNC1(O)CCCCC1. The van der Waals surface area contributed by atoms with Gasteiger partial charge in [0.2, 0.25) is 0 Å². The van der Waals surface area contributed by atoms with Crippen molar-refractivity contribution in [2.24, 2.45) is 0 Å². The molecule has 6 heteroatoms. The van der Waals surface area contributed by atoms with Gasteiger partial charge in [0.05, 0.1) is 5.69 Å². The van der Waals surface area contributed by atoms with Crippen molar-refractivity contribution in [2.75, 3.05) is 5.73 Å². The summed E-state index contributed by atoms with van der Waals surface area (Å²) >= 11 is 6.88. The number of anilines is 1. The highest BCUT2D eigenvalue weighted by atomic mass is 79.9. The van der Waals surface area contributed by atoms with Crippen molar-refractivity contribution in [3.8, 4) is 0 Å². The molecule has 0 atom stereocenters. The summed E-state index contributed by atoms with van der Waals surface area (Å²) in [5, 5.41) is 13.6. The highest BCUT2D eigenvalue weighted by Crippen LogP contribution is 2.30. The molecule has 0 heterocycles. The summed E-state index contributed by atoms with van der Waals surface area (Å²) in [6.45, 7) is 0.584. The lowest BCUT2D eigenvalue weighted by atomic mass is 9.91. The van der Waals surface area contributed by atoms with Crippen molar-refractivity contribution in [3.63, 3.8) is 0 Å². The highest BCUT2D eigenvalue weighted by molar-refractivity contribution is 9.11. The fourth-order valence-electron chi connectivity index (χ4n) is 2.36. The van der Waals surface area contributed by atoms with E-state index in [0.717, 1.165) is 45.9 Å².